The van der Waals surface area contributed by atoms with E-state index < -0.39 is 0 Å². The van der Waals surface area contributed by atoms with E-state index in [2.05, 4.69) is 49.5 Å². The molecule has 8 heteroatoms. The average molecular weight is 418 g/mol. The van der Waals surface area contributed by atoms with Gasteiger partial charge in [0.1, 0.15) is 5.01 Å². The summed E-state index contributed by atoms with van der Waals surface area (Å²) in [6.45, 7) is 4.56. The molecule has 0 radical (unpaired) electrons. The summed E-state index contributed by atoms with van der Waals surface area (Å²) in [5, 5.41) is 15.6. The van der Waals surface area contributed by atoms with Crippen molar-refractivity contribution >= 4 is 40.4 Å². The number of piperidine rings is 1. The molecule has 2 fully saturated rings. The zero-order chi connectivity index (χ0) is 18.2. The molecule has 0 amide bonds. The van der Waals surface area contributed by atoms with Crippen molar-refractivity contribution in [3.8, 4) is 9.88 Å². The number of hydrogen-bond donors (Lipinski definition) is 0. The highest BCUT2D eigenvalue weighted by Crippen LogP contribution is 2.42. The van der Waals surface area contributed by atoms with Crippen LogP contribution >= 0.6 is 34.4 Å². The second-order valence-electron chi connectivity index (χ2n) is 7.46. The molecule has 1 saturated heterocycles. The number of thiazole rings is 1. The Morgan fingerprint density at radius 2 is 2.00 bits per heavy atom. The summed E-state index contributed by atoms with van der Waals surface area (Å²) in [6, 6.07) is 4.81. The third-order valence-corrected chi connectivity index (χ3v) is 8.16. The van der Waals surface area contributed by atoms with E-state index in [-0.39, 0.29) is 0 Å². The van der Waals surface area contributed by atoms with Crippen molar-refractivity contribution in [2.24, 2.45) is 5.92 Å². The lowest BCUT2D eigenvalue weighted by atomic mass is 10.00. The maximum absolute atomic E-state index is 4.80. The molecule has 0 aromatic carbocycles. The smallest absolute Gasteiger partial charge is 0.228 e. The zero-order valence-electron chi connectivity index (χ0n) is 15.4. The molecule has 5 rings (SSSR count). The Morgan fingerprint density at radius 1 is 1.15 bits per heavy atom. The zero-order valence-corrected chi connectivity index (χ0v) is 17.8. The molecule has 0 bridgehead atoms. The van der Waals surface area contributed by atoms with Gasteiger partial charge < -0.3 is 4.90 Å². The monoisotopic (exact) mass is 417 g/mol. The molecule has 0 atom stereocenters. The maximum Gasteiger partial charge on any atom is 0.228 e. The van der Waals surface area contributed by atoms with E-state index in [1.807, 2.05) is 0 Å². The highest BCUT2D eigenvalue weighted by Gasteiger charge is 2.32. The Kier molecular flexibility index (Phi) is 4.96. The highest BCUT2D eigenvalue weighted by molar-refractivity contribution is 7.98. The van der Waals surface area contributed by atoms with Gasteiger partial charge in [0.2, 0.25) is 5.95 Å². The lowest BCUT2D eigenvalue weighted by Gasteiger charge is -2.31. The maximum atomic E-state index is 4.80. The summed E-state index contributed by atoms with van der Waals surface area (Å²) in [4.78, 5) is 8.49. The van der Waals surface area contributed by atoms with Crippen LogP contribution in [0.4, 0.5) is 5.95 Å². The molecule has 0 N–H and O–H groups in total. The van der Waals surface area contributed by atoms with Gasteiger partial charge in [-0.15, -0.1) is 32.9 Å². The molecule has 4 heterocycles. The lowest BCUT2D eigenvalue weighted by Crippen LogP contribution is -2.34. The number of hydrogen-bond acceptors (Lipinski definition) is 7. The summed E-state index contributed by atoms with van der Waals surface area (Å²) in [6.07, 6.45) is 5.01. The van der Waals surface area contributed by atoms with Crippen molar-refractivity contribution < 1.29 is 0 Å². The fraction of sp³-hybridized carbons (Fsp3) is 0.526. The second-order valence-corrected chi connectivity index (χ2v) is 10.2. The topological polar surface area (TPSA) is 46.8 Å². The molecular formula is C19H23N5S3. The average Bonchev–Trinajstić information content (AvgIpc) is 3.09. The molecule has 0 spiro atoms. The number of nitrogens with zero attached hydrogens (tertiary/aromatic N) is 5. The van der Waals surface area contributed by atoms with Gasteiger partial charge >= 0.3 is 0 Å². The van der Waals surface area contributed by atoms with E-state index in [4.69, 9.17) is 4.98 Å². The van der Waals surface area contributed by atoms with E-state index in [1.165, 1.54) is 30.6 Å². The molecule has 5 nitrogen and oxygen atoms in total. The van der Waals surface area contributed by atoms with Crippen LogP contribution in [0.25, 0.3) is 9.88 Å². The van der Waals surface area contributed by atoms with E-state index in [1.54, 1.807) is 34.4 Å². The summed E-state index contributed by atoms with van der Waals surface area (Å²) >= 11 is 5.25. The first kappa shape index (κ1) is 17.7. The van der Waals surface area contributed by atoms with Gasteiger partial charge in [-0.1, -0.05) is 24.8 Å². The molecule has 3 aromatic heterocycles. The number of anilines is 1. The van der Waals surface area contributed by atoms with Crippen molar-refractivity contribution in [1.82, 2.24) is 19.7 Å². The summed E-state index contributed by atoms with van der Waals surface area (Å²) in [5.41, 5.74) is 1.13. The van der Waals surface area contributed by atoms with Crippen molar-refractivity contribution in [1.29, 1.82) is 0 Å². The van der Waals surface area contributed by atoms with Crippen LogP contribution in [0.2, 0.25) is 0 Å². The minimum absolute atomic E-state index is 0.592. The Bertz CT molecular complexity index is 888. The first-order valence-electron chi connectivity index (χ1n) is 9.59. The van der Waals surface area contributed by atoms with Crippen molar-refractivity contribution in [3.63, 3.8) is 0 Å². The Labute approximate surface area is 171 Å². The molecule has 1 aliphatic carbocycles. The summed E-state index contributed by atoms with van der Waals surface area (Å²) in [5.74, 6) is 2.77. The lowest BCUT2D eigenvalue weighted by molar-refractivity contribution is 0.429. The number of thioether (sulfide) groups is 1. The summed E-state index contributed by atoms with van der Waals surface area (Å²) < 4.78 is 2.40. The normalized spacial score (nSPS) is 18.3. The van der Waals surface area contributed by atoms with Gasteiger partial charge in [0.15, 0.2) is 5.16 Å². The number of aromatic nitrogens is 4. The number of rotatable bonds is 6. The van der Waals surface area contributed by atoms with Gasteiger partial charge in [-0.2, -0.15) is 0 Å². The third-order valence-electron chi connectivity index (χ3n) is 5.26. The van der Waals surface area contributed by atoms with Crippen molar-refractivity contribution in [3.05, 3.63) is 28.6 Å². The molecule has 2 aliphatic rings. The van der Waals surface area contributed by atoms with E-state index in [0.717, 1.165) is 46.6 Å². The quantitative estimate of drug-likeness (QED) is 0.508. The van der Waals surface area contributed by atoms with Gasteiger partial charge in [-0.25, -0.2) is 4.98 Å². The van der Waals surface area contributed by atoms with Crippen LogP contribution < -0.4 is 4.90 Å². The standard InChI is InChI=1S/C19H23N5S3/c1-13-6-8-23(9-7-13)18-21-22-19(24(18)15-4-5-15)27-12-14-11-26-17(20-14)16-3-2-10-25-16/h2-3,10-11,13,15H,4-9,12H2,1H3. The van der Waals surface area contributed by atoms with Gasteiger partial charge in [0.25, 0.3) is 0 Å². The molecule has 27 heavy (non-hydrogen) atoms. The minimum atomic E-state index is 0.592. The van der Waals surface area contributed by atoms with Gasteiger partial charge in [-0.3, -0.25) is 4.57 Å². The van der Waals surface area contributed by atoms with Crippen LogP contribution in [0.15, 0.2) is 28.0 Å². The molecule has 1 saturated carbocycles. The van der Waals surface area contributed by atoms with Crippen LogP contribution in [-0.4, -0.2) is 32.8 Å². The molecule has 1 aliphatic heterocycles. The fourth-order valence-electron chi connectivity index (χ4n) is 3.47. The van der Waals surface area contributed by atoms with Crippen LogP contribution in [0.3, 0.4) is 0 Å². The predicted molar refractivity (Wildman–Crippen MR) is 114 cm³/mol. The van der Waals surface area contributed by atoms with Gasteiger partial charge in [-0.05, 0) is 43.0 Å². The fourth-order valence-corrected chi connectivity index (χ4v) is 6.10. The Morgan fingerprint density at radius 3 is 2.74 bits per heavy atom. The highest BCUT2D eigenvalue weighted by atomic mass is 32.2. The van der Waals surface area contributed by atoms with Crippen molar-refractivity contribution in [2.45, 2.75) is 49.6 Å². The largest absolute Gasteiger partial charge is 0.341 e. The Hall–Kier alpha value is -1.38. The first-order valence-corrected chi connectivity index (χ1v) is 12.3. The van der Waals surface area contributed by atoms with Gasteiger partial charge in [0, 0.05) is 30.3 Å². The third kappa shape index (κ3) is 3.79. The van der Waals surface area contributed by atoms with E-state index in [9.17, 15) is 0 Å². The SMILES string of the molecule is CC1CCN(c2nnc(SCc3csc(-c4cccs4)n3)n2C2CC2)CC1. The van der Waals surface area contributed by atoms with E-state index >= 15 is 0 Å². The minimum Gasteiger partial charge on any atom is -0.341 e. The first-order chi connectivity index (χ1) is 13.3. The van der Waals surface area contributed by atoms with Gasteiger partial charge in [0.05, 0.1) is 10.6 Å². The van der Waals surface area contributed by atoms with Crippen LogP contribution in [-0.2, 0) is 5.75 Å². The van der Waals surface area contributed by atoms with Crippen LogP contribution in [0.5, 0.6) is 0 Å². The molecule has 0 unspecified atom stereocenters. The van der Waals surface area contributed by atoms with Crippen LogP contribution in [0.1, 0.15) is 44.3 Å². The van der Waals surface area contributed by atoms with Crippen LogP contribution in [0, 0.1) is 5.92 Å². The molecule has 3 aromatic rings. The second kappa shape index (κ2) is 7.56. The van der Waals surface area contributed by atoms with Crippen molar-refractivity contribution in [2.75, 3.05) is 18.0 Å². The Balaban J connectivity index is 1.31. The number of thiophene rings is 1. The predicted octanol–water partition coefficient (Wildman–Crippen LogP) is 5.33. The molecular weight excluding hydrogens is 394 g/mol. The van der Waals surface area contributed by atoms with E-state index in [0.29, 0.717) is 6.04 Å². The molecule has 142 valence electrons. The summed E-state index contributed by atoms with van der Waals surface area (Å²) in [7, 11) is 0.